The number of carbonyl (C=O) groups excluding carboxylic acids is 2. The number of amides is 1. The minimum atomic E-state index is -5.24. The highest BCUT2D eigenvalue weighted by atomic mass is 35.5. The highest BCUT2D eigenvalue weighted by Gasteiger charge is 2.63. The van der Waals surface area contributed by atoms with Gasteiger partial charge in [-0.1, -0.05) is 23.7 Å². The predicted molar refractivity (Wildman–Crippen MR) is 87.6 cm³/mol. The number of aromatic nitrogens is 1. The number of halogens is 4. The summed E-state index contributed by atoms with van der Waals surface area (Å²) in [4.78, 5) is 28.1. The minimum Gasteiger partial charge on any atom is -0.466 e. The van der Waals surface area contributed by atoms with Crippen LogP contribution in [0.1, 0.15) is 10.4 Å². The summed E-state index contributed by atoms with van der Waals surface area (Å²) in [5.74, 6) is -3.23. The third-order valence-corrected chi connectivity index (χ3v) is 3.52. The van der Waals surface area contributed by atoms with Crippen molar-refractivity contribution >= 4 is 29.3 Å². The lowest BCUT2D eigenvalue weighted by atomic mass is 10.1. The molecule has 0 fully saturated rings. The summed E-state index contributed by atoms with van der Waals surface area (Å²) >= 11 is 5.75. The predicted octanol–water partition coefficient (Wildman–Crippen LogP) is 3.01. The van der Waals surface area contributed by atoms with Gasteiger partial charge in [0.15, 0.2) is 0 Å². The lowest BCUT2D eigenvalue weighted by Gasteiger charge is -2.34. The van der Waals surface area contributed by atoms with Crippen LogP contribution < -0.4 is 10.6 Å². The van der Waals surface area contributed by atoms with E-state index in [4.69, 9.17) is 11.6 Å². The van der Waals surface area contributed by atoms with Crippen molar-refractivity contribution in [2.45, 2.75) is 11.8 Å². The molecule has 0 saturated heterocycles. The van der Waals surface area contributed by atoms with Crippen molar-refractivity contribution in [2.24, 2.45) is 0 Å². The molecule has 26 heavy (non-hydrogen) atoms. The molecule has 1 aromatic carbocycles. The van der Waals surface area contributed by atoms with Crippen LogP contribution in [0.2, 0.25) is 5.02 Å². The van der Waals surface area contributed by atoms with Crippen molar-refractivity contribution < 1.29 is 27.5 Å². The number of alkyl halides is 3. The second-order valence-corrected chi connectivity index (χ2v) is 5.48. The molecule has 0 aliphatic heterocycles. The van der Waals surface area contributed by atoms with Gasteiger partial charge in [0.05, 0.1) is 7.11 Å². The number of ether oxygens (including phenoxy) is 1. The number of carbonyl (C=O) groups is 2. The Morgan fingerprint density at radius 1 is 1.15 bits per heavy atom. The first-order chi connectivity index (χ1) is 12.2. The number of methoxy groups -OCH3 is 1. The van der Waals surface area contributed by atoms with Crippen molar-refractivity contribution in [1.82, 2.24) is 10.3 Å². The standard InChI is InChI=1S/C16H13ClF3N3O3/c1-26-14(25)15(16(18,19)20,22-12-7-2-3-8-21-12)23-13(24)10-5-4-6-11(17)9-10/h2-9H,1H3,(H,21,22)(H,23,24)/t15-/m1/s1. The van der Waals surface area contributed by atoms with E-state index < -0.39 is 23.7 Å². The third-order valence-electron chi connectivity index (χ3n) is 3.29. The zero-order chi connectivity index (χ0) is 19.4. The number of nitrogens with zero attached hydrogens (tertiary/aromatic N) is 1. The van der Waals surface area contributed by atoms with Crippen LogP contribution in [0.3, 0.4) is 0 Å². The van der Waals surface area contributed by atoms with E-state index in [9.17, 15) is 22.8 Å². The van der Waals surface area contributed by atoms with Gasteiger partial charge >= 0.3 is 17.8 Å². The SMILES string of the molecule is COC(=O)[C@](NC(=O)c1cccc(Cl)c1)(Nc1ccccn1)C(F)(F)F. The Morgan fingerprint density at radius 3 is 2.42 bits per heavy atom. The van der Waals surface area contributed by atoms with Crippen molar-refractivity contribution in [3.63, 3.8) is 0 Å². The molecule has 0 bridgehead atoms. The average molecular weight is 388 g/mol. The zero-order valence-electron chi connectivity index (χ0n) is 13.3. The Labute approximate surface area is 151 Å². The third kappa shape index (κ3) is 4.05. The van der Waals surface area contributed by atoms with E-state index in [1.54, 1.807) is 5.32 Å². The number of benzene rings is 1. The molecule has 2 N–H and O–H groups in total. The van der Waals surface area contributed by atoms with Crippen molar-refractivity contribution in [2.75, 3.05) is 12.4 Å². The fraction of sp³-hybridized carbons (Fsp3) is 0.188. The normalized spacial score (nSPS) is 13.4. The van der Waals surface area contributed by atoms with E-state index in [1.165, 1.54) is 42.6 Å². The number of rotatable bonds is 5. The van der Waals surface area contributed by atoms with Gasteiger partial charge < -0.3 is 15.4 Å². The summed E-state index contributed by atoms with van der Waals surface area (Å²) in [5, 5.41) is 3.73. The highest BCUT2D eigenvalue weighted by Crippen LogP contribution is 2.33. The summed E-state index contributed by atoms with van der Waals surface area (Å²) in [6.07, 6.45) is -4.02. The van der Waals surface area contributed by atoms with Gasteiger partial charge in [-0.2, -0.15) is 13.2 Å². The van der Waals surface area contributed by atoms with Crippen LogP contribution >= 0.6 is 11.6 Å². The van der Waals surface area contributed by atoms with Crippen LogP contribution in [0.15, 0.2) is 48.7 Å². The maximum Gasteiger partial charge on any atom is 0.441 e. The van der Waals surface area contributed by atoms with E-state index in [0.29, 0.717) is 0 Å². The summed E-state index contributed by atoms with van der Waals surface area (Å²) in [6, 6.07) is 9.33. The Bertz CT molecular complexity index is 802. The summed E-state index contributed by atoms with van der Waals surface area (Å²) in [6.45, 7) is 0. The first-order valence-corrected chi connectivity index (χ1v) is 7.50. The summed E-state index contributed by atoms with van der Waals surface area (Å²) in [7, 11) is 0.772. The van der Waals surface area contributed by atoms with Gasteiger partial charge in [-0.3, -0.25) is 4.79 Å². The van der Waals surface area contributed by atoms with Crippen LogP contribution in [0, 0.1) is 0 Å². The molecular weight excluding hydrogens is 375 g/mol. The maximum absolute atomic E-state index is 13.8. The second-order valence-electron chi connectivity index (χ2n) is 5.04. The first kappa shape index (κ1) is 19.5. The van der Waals surface area contributed by atoms with Gasteiger partial charge in [-0.25, -0.2) is 9.78 Å². The Balaban J connectivity index is 2.48. The summed E-state index contributed by atoms with van der Waals surface area (Å²) < 4.78 is 45.8. The van der Waals surface area contributed by atoms with Gasteiger partial charge in [-0.15, -0.1) is 0 Å². The van der Waals surface area contributed by atoms with Crippen LogP contribution in [-0.2, 0) is 9.53 Å². The second kappa shape index (κ2) is 7.61. The Hall–Kier alpha value is -2.81. The van der Waals surface area contributed by atoms with E-state index in [0.717, 1.165) is 13.2 Å². The van der Waals surface area contributed by atoms with Gasteiger partial charge in [0.25, 0.3) is 5.91 Å². The molecule has 0 radical (unpaired) electrons. The molecule has 1 heterocycles. The van der Waals surface area contributed by atoms with Gasteiger partial charge in [0, 0.05) is 16.8 Å². The fourth-order valence-electron chi connectivity index (χ4n) is 2.04. The molecule has 0 saturated carbocycles. The van der Waals surface area contributed by atoms with Crippen molar-refractivity contribution in [1.29, 1.82) is 0 Å². The number of esters is 1. The molecule has 1 aromatic heterocycles. The maximum atomic E-state index is 13.8. The molecular formula is C16H13ClF3N3O3. The quantitative estimate of drug-likeness (QED) is 0.609. The van der Waals surface area contributed by atoms with Gasteiger partial charge in [0.2, 0.25) is 0 Å². The molecule has 2 rings (SSSR count). The van der Waals surface area contributed by atoms with E-state index in [1.807, 2.05) is 5.32 Å². The molecule has 10 heteroatoms. The lowest BCUT2D eigenvalue weighted by Crippen LogP contribution is -2.69. The fourth-order valence-corrected chi connectivity index (χ4v) is 2.24. The van der Waals surface area contributed by atoms with Crippen molar-refractivity contribution in [3.05, 3.63) is 59.2 Å². The van der Waals surface area contributed by atoms with E-state index in [2.05, 4.69) is 9.72 Å². The van der Waals surface area contributed by atoms with Crippen LogP contribution in [0.4, 0.5) is 19.0 Å². The average Bonchev–Trinajstić information content (AvgIpc) is 2.60. The minimum absolute atomic E-state index is 0.144. The molecule has 0 aliphatic carbocycles. The van der Waals surface area contributed by atoms with Crippen LogP contribution in [-0.4, -0.2) is 35.8 Å². The van der Waals surface area contributed by atoms with Crippen LogP contribution in [0.25, 0.3) is 0 Å². The van der Waals surface area contributed by atoms with Crippen molar-refractivity contribution in [3.8, 4) is 0 Å². The lowest BCUT2D eigenvalue weighted by molar-refractivity contribution is -0.203. The molecule has 1 atom stereocenters. The number of hydrogen-bond acceptors (Lipinski definition) is 5. The number of hydrogen-bond donors (Lipinski definition) is 2. The monoisotopic (exact) mass is 387 g/mol. The van der Waals surface area contributed by atoms with Crippen LogP contribution in [0.5, 0.6) is 0 Å². The largest absolute Gasteiger partial charge is 0.466 e. The van der Waals surface area contributed by atoms with E-state index in [-0.39, 0.29) is 16.4 Å². The number of anilines is 1. The highest BCUT2D eigenvalue weighted by molar-refractivity contribution is 6.31. The smallest absolute Gasteiger partial charge is 0.441 e. The molecule has 138 valence electrons. The Kier molecular flexibility index (Phi) is 5.71. The molecule has 6 nitrogen and oxygen atoms in total. The molecule has 0 aliphatic rings. The summed E-state index contributed by atoms with van der Waals surface area (Å²) in [5.41, 5.74) is -3.71. The zero-order valence-corrected chi connectivity index (χ0v) is 14.1. The van der Waals surface area contributed by atoms with Gasteiger partial charge in [0.1, 0.15) is 5.82 Å². The molecule has 1 amide bonds. The Morgan fingerprint density at radius 2 is 1.88 bits per heavy atom. The van der Waals surface area contributed by atoms with E-state index >= 15 is 0 Å². The molecule has 2 aromatic rings. The topological polar surface area (TPSA) is 80.3 Å². The molecule has 0 unspecified atom stereocenters. The number of pyridine rings is 1. The molecule has 0 spiro atoms. The number of nitrogens with one attached hydrogen (secondary N) is 2. The van der Waals surface area contributed by atoms with Gasteiger partial charge in [-0.05, 0) is 30.3 Å². The first-order valence-electron chi connectivity index (χ1n) is 7.12.